The Morgan fingerprint density at radius 3 is 2.64 bits per heavy atom. The Morgan fingerprint density at radius 2 is 2.14 bits per heavy atom. The van der Waals surface area contributed by atoms with Crippen LogP contribution in [0.25, 0.3) is 0 Å². The molecule has 5 nitrogen and oxygen atoms in total. The smallest absolute Gasteiger partial charge is 0.423 e. The van der Waals surface area contributed by atoms with Crippen LogP contribution in [0.2, 0.25) is 0 Å². The maximum absolute atomic E-state index is 8.94. The van der Waals surface area contributed by atoms with E-state index in [-0.39, 0.29) is 6.42 Å². The molecule has 6 heteroatoms. The lowest BCUT2D eigenvalue weighted by molar-refractivity contribution is 0.426. The van der Waals surface area contributed by atoms with E-state index in [4.69, 9.17) is 21.2 Å². The summed E-state index contributed by atoms with van der Waals surface area (Å²) in [5, 5.41) is 26.4. The molecule has 0 aliphatic rings. The summed E-state index contributed by atoms with van der Waals surface area (Å²) in [6.45, 7) is 0. The van der Waals surface area contributed by atoms with Gasteiger partial charge in [0.25, 0.3) is 0 Å². The number of anilines is 1. The van der Waals surface area contributed by atoms with Gasteiger partial charge in [0.05, 0.1) is 12.5 Å². The van der Waals surface area contributed by atoms with Crippen LogP contribution in [-0.4, -0.2) is 17.2 Å². The number of nitrogens with zero attached hydrogens (tertiary/aromatic N) is 1. The molecule has 0 saturated carbocycles. The summed E-state index contributed by atoms with van der Waals surface area (Å²) < 4.78 is 0. The predicted molar refractivity (Wildman–Crippen MR) is 53.4 cm³/mol. The lowest BCUT2D eigenvalue weighted by Gasteiger charge is -2.06. The molecule has 0 saturated heterocycles. The zero-order chi connectivity index (χ0) is 10.6. The molecule has 1 rings (SSSR count). The topological polar surface area (TPSA) is 102 Å². The maximum Gasteiger partial charge on any atom is 0.488 e. The first-order valence-corrected chi connectivity index (χ1v) is 4.01. The molecular weight excluding hydrogens is 181 g/mol. The highest BCUT2D eigenvalue weighted by Gasteiger charge is 2.12. The summed E-state index contributed by atoms with van der Waals surface area (Å²) in [4.78, 5) is 0. The number of nitrogen functional groups attached to an aromatic ring is 1. The fourth-order valence-corrected chi connectivity index (χ4v) is 1.14. The standard InChI is InChI=1S/C8H10BN3O2/c10-2-1-6-3-7(9(13)14)5-8(4-6)12-11/h3-5,12-14H,1,11H2. The number of nitrogens with one attached hydrogen (secondary N) is 1. The van der Waals surface area contributed by atoms with Gasteiger partial charge in [-0.15, -0.1) is 0 Å². The Morgan fingerprint density at radius 1 is 1.43 bits per heavy atom. The third kappa shape index (κ3) is 2.47. The Balaban J connectivity index is 3.08. The molecule has 0 bridgehead atoms. The summed E-state index contributed by atoms with van der Waals surface area (Å²) in [6, 6.07) is 6.70. The van der Waals surface area contributed by atoms with Gasteiger partial charge in [0, 0.05) is 5.69 Å². The second-order valence-electron chi connectivity index (χ2n) is 2.82. The van der Waals surface area contributed by atoms with Crippen molar-refractivity contribution in [3.05, 3.63) is 23.8 Å². The second-order valence-corrected chi connectivity index (χ2v) is 2.82. The van der Waals surface area contributed by atoms with Gasteiger partial charge in [0.1, 0.15) is 0 Å². The van der Waals surface area contributed by atoms with Gasteiger partial charge in [-0.25, -0.2) is 0 Å². The van der Waals surface area contributed by atoms with Crippen molar-refractivity contribution in [2.75, 3.05) is 5.43 Å². The molecule has 5 N–H and O–H groups in total. The zero-order valence-electron chi connectivity index (χ0n) is 7.44. The highest BCUT2D eigenvalue weighted by Crippen LogP contribution is 2.08. The molecule has 14 heavy (non-hydrogen) atoms. The minimum Gasteiger partial charge on any atom is -0.423 e. The van der Waals surface area contributed by atoms with E-state index in [0.29, 0.717) is 16.7 Å². The average Bonchev–Trinajstić information content (AvgIpc) is 2.17. The molecule has 0 spiro atoms. The maximum atomic E-state index is 8.94. The van der Waals surface area contributed by atoms with Gasteiger partial charge in [-0.1, -0.05) is 6.07 Å². The van der Waals surface area contributed by atoms with E-state index in [1.54, 1.807) is 12.1 Å². The Labute approximate surface area is 81.9 Å². The van der Waals surface area contributed by atoms with Crippen molar-refractivity contribution in [1.82, 2.24) is 0 Å². The average molecular weight is 191 g/mol. The van der Waals surface area contributed by atoms with Gasteiger partial charge in [-0.3, -0.25) is 5.84 Å². The Hall–Kier alpha value is -1.55. The summed E-state index contributed by atoms with van der Waals surface area (Å²) >= 11 is 0. The van der Waals surface area contributed by atoms with E-state index in [9.17, 15) is 0 Å². The minimum atomic E-state index is -1.55. The highest BCUT2D eigenvalue weighted by molar-refractivity contribution is 6.58. The van der Waals surface area contributed by atoms with E-state index in [1.165, 1.54) is 6.07 Å². The molecular formula is C8H10BN3O2. The Kier molecular flexibility index (Phi) is 3.48. The monoisotopic (exact) mass is 191 g/mol. The van der Waals surface area contributed by atoms with Crippen molar-refractivity contribution in [2.45, 2.75) is 6.42 Å². The quantitative estimate of drug-likeness (QED) is 0.270. The third-order valence-corrected chi connectivity index (χ3v) is 1.76. The van der Waals surface area contributed by atoms with Crippen LogP contribution in [-0.2, 0) is 6.42 Å². The largest absolute Gasteiger partial charge is 0.488 e. The van der Waals surface area contributed by atoms with Gasteiger partial charge < -0.3 is 15.5 Å². The number of nitriles is 1. The van der Waals surface area contributed by atoms with E-state index in [2.05, 4.69) is 5.43 Å². The van der Waals surface area contributed by atoms with E-state index >= 15 is 0 Å². The molecule has 72 valence electrons. The number of benzene rings is 1. The van der Waals surface area contributed by atoms with Crippen LogP contribution in [0.5, 0.6) is 0 Å². The van der Waals surface area contributed by atoms with Gasteiger partial charge in [0.2, 0.25) is 0 Å². The zero-order valence-corrected chi connectivity index (χ0v) is 7.44. The number of hydrazine groups is 1. The van der Waals surface area contributed by atoms with Gasteiger partial charge >= 0.3 is 7.12 Å². The van der Waals surface area contributed by atoms with Crippen molar-refractivity contribution >= 4 is 18.3 Å². The van der Waals surface area contributed by atoms with Crippen LogP contribution < -0.4 is 16.7 Å². The molecule has 0 radical (unpaired) electrons. The fraction of sp³-hybridized carbons (Fsp3) is 0.125. The van der Waals surface area contributed by atoms with Crippen LogP contribution in [0.4, 0.5) is 5.69 Å². The predicted octanol–water partition coefficient (Wildman–Crippen LogP) is -1.28. The lowest BCUT2D eigenvalue weighted by atomic mass is 9.79. The van der Waals surface area contributed by atoms with Crippen molar-refractivity contribution < 1.29 is 10.0 Å². The van der Waals surface area contributed by atoms with Crippen LogP contribution in [0.15, 0.2) is 18.2 Å². The Bertz CT molecular complexity index is 362. The molecule has 0 unspecified atom stereocenters. The molecule has 0 aromatic heterocycles. The summed E-state index contributed by atoms with van der Waals surface area (Å²) in [7, 11) is -1.55. The van der Waals surface area contributed by atoms with Crippen molar-refractivity contribution in [2.24, 2.45) is 5.84 Å². The van der Waals surface area contributed by atoms with Crippen molar-refractivity contribution in [3.63, 3.8) is 0 Å². The van der Waals surface area contributed by atoms with Gasteiger partial charge in [-0.05, 0) is 23.2 Å². The minimum absolute atomic E-state index is 0.204. The number of nitrogens with two attached hydrogens (primary N) is 1. The SMILES string of the molecule is N#CCc1cc(NN)cc(B(O)O)c1. The number of hydrogen-bond acceptors (Lipinski definition) is 5. The molecule has 1 aromatic rings. The molecule has 1 aromatic carbocycles. The number of hydrogen-bond donors (Lipinski definition) is 4. The normalized spacial score (nSPS) is 9.29. The molecule has 0 heterocycles. The third-order valence-electron chi connectivity index (χ3n) is 1.76. The van der Waals surface area contributed by atoms with Gasteiger partial charge in [0.15, 0.2) is 0 Å². The van der Waals surface area contributed by atoms with E-state index in [0.717, 1.165) is 0 Å². The molecule has 0 atom stereocenters. The summed E-state index contributed by atoms with van der Waals surface area (Å²) in [5.41, 5.74) is 3.93. The summed E-state index contributed by atoms with van der Waals surface area (Å²) in [5.74, 6) is 5.19. The summed E-state index contributed by atoms with van der Waals surface area (Å²) in [6.07, 6.45) is 0.204. The first-order valence-electron chi connectivity index (χ1n) is 4.01. The van der Waals surface area contributed by atoms with E-state index in [1.807, 2.05) is 6.07 Å². The molecule has 0 amide bonds. The molecule has 0 aliphatic heterocycles. The van der Waals surface area contributed by atoms with Crippen LogP contribution >= 0.6 is 0 Å². The van der Waals surface area contributed by atoms with Crippen LogP contribution in [0.1, 0.15) is 5.56 Å². The van der Waals surface area contributed by atoms with Gasteiger partial charge in [-0.2, -0.15) is 5.26 Å². The van der Waals surface area contributed by atoms with Crippen LogP contribution in [0, 0.1) is 11.3 Å². The fourth-order valence-electron chi connectivity index (χ4n) is 1.14. The highest BCUT2D eigenvalue weighted by atomic mass is 16.4. The molecule has 0 aliphatic carbocycles. The lowest BCUT2D eigenvalue weighted by Crippen LogP contribution is -2.30. The van der Waals surface area contributed by atoms with Crippen molar-refractivity contribution in [1.29, 1.82) is 5.26 Å². The first kappa shape index (κ1) is 10.5. The second kappa shape index (κ2) is 4.62. The van der Waals surface area contributed by atoms with Crippen LogP contribution in [0.3, 0.4) is 0 Å². The molecule has 0 fully saturated rings. The number of rotatable bonds is 3. The van der Waals surface area contributed by atoms with E-state index < -0.39 is 7.12 Å². The first-order chi connectivity index (χ1) is 6.67. The van der Waals surface area contributed by atoms with Crippen molar-refractivity contribution in [3.8, 4) is 6.07 Å².